The Labute approximate surface area is 116 Å². The van der Waals surface area contributed by atoms with Gasteiger partial charge in [0.1, 0.15) is 0 Å². The van der Waals surface area contributed by atoms with Crippen molar-refractivity contribution in [3.05, 3.63) is 35.9 Å². The molecule has 1 aromatic rings. The summed E-state index contributed by atoms with van der Waals surface area (Å²) >= 11 is 0. The van der Waals surface area contributed by atoms with Crippen molar-refractivity contribution in [3.63, 3.8) is 0 Å². The number of benzene rings is 1. The van der Waals surface area contributed by atoms with E-state index in [9.17, 15) is 4.79 Å². The lowest BCUT2D eigenvalue weighted by molar-refractivity contribution is -0.130. The molecular formula is C17H25NO. The summed E-state index contributed by atoms with van der Waals surface area (Å²) in [5, 5.41) is 3.19. The summed E-state index contributed by atoms with van der Waals surface area (Å²) < 4.78 is 0. The molecule has 1 aliphatic rings. The van der Waals surface area contributed by atoms with Gasteiger partial charge in [-0.1, -0.05) is 63.4 Å². The zero-order valence-corrected chi connectivity index (χ0v) is 12.1. The van der Waals surface area contributed by atoms with Crippen LogP contribution in [0.4, 0.5) is 0 Å². The molecule has 1 saturated carbocycles. The highest BCUT2D eigenvalue weighted by atomic mass is 16.2. The summed E-state index contributed by atoms with van der Waals surface area (Å²) in [6.45, 7) is 5.20. The Bertz CT molecular complexity index is 405. The van der Waals surface area contributed by atoms with Crippen LogP contribution in [0.1, 0.15) is 51.5 Å². The molecule has 0 aliphatic heterocycles. The monoisotopic (exact) mass is 259 g/mol. The van der Waals surface area contributed by atoms with E-state index < -0.39 is 0 Å². The van der Waals surface area contributed by atoms with E-state index >= 15 is 0 Å². The highest BCUT2D eigenvalue weighted by Crippen LogP contribution is 2.43. The first-order valence-electron chi connectivity index (χ1n) is 7.56. The summed E-state index contributed by atoms with van der Waals surface area (Å²) in [5.74, 6) is 0.841. The molecule has 0 saturated heterocycles. The van der Waals surface area contributed by atoms with E-state index in [1.165, 1.54) is 5.56 Å². The standard InChI is InChI=1S/C17H25NO/c1-3-14(4-2)13-18-16(19)17(11-8-12-17)15-9-6-5-7-10-15/h5-7,9-10,14H,3-4,8,11-13H2,1-2H3,(H,18,19). The van der Waals surface area contributed by atoms with Gasteiger partial charge in [-0.15, -0.1) is 0 Å². The van der Waals surface area contributed by atoms with Crippen LogP contribution < -0.4 is 5.32 Å². The fourth-order valence-corrected chi connectivity index (χ4v) is 2.92. The largest absolute Gasteiger partial charge is 0.355 e. The van der Waals surface area contributed by atoms with Crippen molar-refractivity contribution >= 4 is 5.91 Å². The lowest BCUT2D eigenvalue weighted by Crippen LogP contribution is -2.50. The van der Waals surface area contributed by atoms with Gasteiger partial charge in [-0.05, 0) is 24.3 Å². The second-order valence-electron chi connectivity index (χ2n) is 5.69. The van der Waals surface area contributed by atoms with Gasteiger partial charge in [-0.2, -0.15) is 0 Å². The van der Waals surface area contributed by atoms with Crippen molar-refractivity contribution in [2.24, 2.45) is 5.92 Å². The molecule has 1 fully saturated rings. The van der Waals surface area contributed by atoms with E-state index in [0.29, 0.717) is 5.92 Å². The van der Waals surface area contributed by atoms with E-state index in [1.807, 2.05) is 18.2 Å². The molecule has 1 amide bonds. The van der Waals surface area contributed by atoms with Crippen LogP contribution in [0.3, 0.4) is 0 Å². The van der Waals surface area contributed by atoms with Crippen LogP contribution in [0.15, 0.2) is 30.3 Å². The Balaban J connectivity index is 2.04. The molecular weight excluding hydrogens is 234 g/mol. The second-order valence-corrected chi connectivity index (χ2v) is 5.69. The molecule has 1 aliphatic carbocycles. The lowest BCUT2D eigenvalue weighted by Gasteiger charge is -2.41. The number of hydrogen-bond donors (Lipinski definition) is 1. The molecule has 0 aromatic heterocycles. The van der Waals surface area contributed by atoms with E-state index in [-0.39, 0.29) is 11.3 Å². The molecule has 2 heteroatoms. The minimum Gasteiger partial charge on any atom is -0.355 e. The van der Waals surface area contributed by atoms with Crippen molar-refractivity contribution in [1.82, 2.24) is 5.32 Å². The summed E-state index contributed by atoms with van der Waals surface area (Å²) in [5.41, 5.74) is 0.941. The van der Waals surface area contributed by atoms with Gasteiger partial charge in [0.15, 0.2) is 0 Å². The van der Waals surface area contributed by atoms with Crippen LogP contribution in [0.25, 0.3) is 0 Å². The average Bonchev–Trinajstić information content (AvgIpc) is 2.40. The smallest absolute Gasteiger partial charge is 0.230 e. The van der Waals surface area contributed by atoms with Crippen molar-refractivity contribution in [2.75, 3.05) is 6.54 Å². The highest BCUT2D eigenvalue weighted by molar-refractivity contribution is 5.89. The molecule has 0 bridgehead atoms. The fraction of sp³-hybridized carbons (Fsp3) is 0.588. The molecule has 1 aromatic carbocycles. The third-order valence-corrected chi connectivity index (χ3v) is 4.67. The number of carbonyl (C=O) groups excluding carboxylic acids is 1. The number of carbonyl (C=O) groups is 1. The van der Waals surface area contributed by atoms with Crippen LogP contribution in [0, 0.1) is 5.92 Å². The molecule has 2 nitrogen and oxygen atoms in total. The fourth-order valence-electron chi connectivity index (χ4n) is 2.92. The molecule has 0 spiro atoms. The minimum atomic E-state index is -0.243. The van der Waals surface area contributed by atoms with E-state index in [1.54, 1.807) is 0 Å². The van der Waals surface area contributed by atoms with Crippen molar-refractivity contribution in [3.8, 4) is 0 Å². The van der Waals surface area contributed by atoms with Gasteiger partial charge in [0.25, 0.3) is 0 Å². The third-order valence-electron chi connectivity index (χ3n) is 4.67. The van der Waals surface area contributed by atoms with Gasteiger partial charge < -0.3 is 5.32 Å². The van der Waals surface area contributed by atoms with E-state index in [4.69, 9.17) is 0 Å². The van der Waals surface area contributed by atoms with Gasteiger partial charge in [0, 0.05) is 6.54 Å². The Morgan fingerprint density at radius 3 is 2.32 bits per heavy atom. The predicted octanol–water partition coefficient (Wildman–Crippen LogP) is 3.66. The van der Waals surface area contributed by atoms with Gasteiger partial charge >= 0.3 is 0 Å². The maximum absolute atomic E-state index is 12.6. The second kappa shape index (κ2) is 6.23. The Morgan fingerprint density at radius 2 is 1.84 bits per heavy atom. The normalized spacial score (nSPS) is 17.0. The zero-order valence-electron chi connectivity index (χ0n) is 12.1. The van der Waals surface area contributed by atoms with Crippen molar-refractivity contribution in [1.29, 1.82) is 0 Å². The summed E-state index contributed by atoms with van der Waals surface area (Å²) in [4.78, 5) is 12.6. The zero-order chi connectivity index (χ0) is 13.7. The molecule has 1 N–H and O–H groups in total. The average molecular weight is 259 g/mol. The van der Waals surface area contributed by atoms with Crippen LogP contribution in [-0.4, -0.2) is 12.5 Å². The molecule has 19 heavy (non-hydrogen) atoms. The predicted molar refractivity (Wildman–Crippen MR) is 79.1 cm³/mol. The molecule has 2 rings (SSSR count). The quantitative estimate of drug-likeness (QED) is 0.830. The first kappa shape index (κ1) is 14.1. The van der Waals surface area contributed by atoms with Gasteiger partial charge in [0.2, 0.25) is 5.91 Å². The number of nitrogens with one attached hydrogen (secondary N) is 1. The Hall–Kier alpha value is -1.31. The molecule has 104 valence electrons. The van der Waals surface area contributed by atoms with Crippen LogP contribution in [-0.2, 0) is 10.2 Å². The Kier molecular flexibility index (Phi) is 4.62. The van der Waals surface area contributed by atoms with E-state index in [0.717, 1.165) is 38.6 Å². The Morgan fingerprint density at radius 1 is 1.21 bits per heavy atom. The third kappa shape index (κ3) is 2.83. The summed E-state index contributed by atoms with van der Waals surface area (Å²) in [6, 6.07) is 10.3. The number of hydrogen-bond acceptors (Lipinski definition) is 1. The topological polar surface area (TPSA) is 29.1 Å². The van der Waals surface area contributed by atoms with Gasteiger partial charge in [-0.3, -0.25) is 4.79 Å². The SMILES string of the molecule is CCC(CC)CNC(=O)C1(c2ccccc2)CCC1. The van der Waals surface area contributed by atoms with Crippen molar-refractivity contribution in [2.45, 2.75) is 51.4 Å². The first-order valence-corrected chi connectivity index (χ1v) is 7.56. The molecule has 0 heterocycles. The minimum absolute atomic E-state index is 0.233. The van der Waals surface area contributed by atoms with E-state index in [2.05, 4.69) is 31.3 Å². The maximum atomic E-state index is 12.6. The summed E-state index contributed by atoms with van der Waals surface area (Å²) in [6.07, 6.45) is 5.41. The molecule has 0 radical (unpaired) electrons. The lowest BCUT2D eigenvalue weighted by atomic mass is 9.64. The number of rotatable bonds is 6. The van der Waals surface area contributed by atoms with Crippen molar-refractivity contribution < 1.29 is 4.79 Å². The molecule has 0 unspecified atom stereocenters. The van der Waals surface area contributed by atoms with Gasteiger partial charge in [-0.25, -0.2) is 0 Å². The molecule has 0 atom stereocenters. The number of amides is 1. The van der Waals surface area contributed by atoms with Crippen LogP contribution in [0.5, 0.6) is 0 Å². The van der Waals surface area contributed by atoms with Crippen LogP contribution in [0.2, 0.25) is 0 Å². The maximum Gasteiger partial charge on any atom is 0.230 e. The highest BCUT2D eigenvalue weighted by Gasteiger charge is 2.45. The van der Waals surface area contributed by atoms with Crippen LogP contribution >= 0.6 is 0 Å². The summed E-state index contributed by atoms with van der Waals surface area (Å²) in [7, 11) is 0. The van der Waals surface area contributed by atoms with Gasteiger partial charge in [0.05, 0.1) is 5.41 Å². The first-order chi connectivity index (χ1) is 9.23.